The first kappa shape index (κ1) is 58.4. The third kappa shape index (κ3) is 45.9. The molecule has 0 amide bonds. The van der Waals surface area contributed by atoms with Crippen molar-refractivity contribution < 1.29 is 28.6 Å². The van der Waals surface area contributed by atoms with E-state index in [0.29, 0.717) is 19.3 Å². The first-order valence-corrected chi connectivity index (χ1v) is 26.6. The molecule has 0 aliphatic rings. The highest BCUT2D eigenvalue weighted by Crippen LogP contribution is 2.18. The van der Waals surface area contributed by atoms with Gasteiger partial charge in [0.25, 0.3) is 0 Å². The maximum Gasteiger partial charge on any atom is 0.306 e. The number of ether oxygens (including phenoxy) is 3. The number of carbonyl (C=O) groups is 3. The molecule has 0 saturated heterocycles. The lowest BCUT2D eigenvalue weighted by Gasteiger charge is -2.18. The van der Waals surface area contributed by atoms with E-state index in [-0.39, 0.29) is 31.1 Å². The fourth-order valence-electron chi connectivity index (χ4n) is 8.08. The van der Waals surface area contributed by atoms with Crippen LogP contribution in [0.1, 0.15) is 292 Å². The molecule has 6 nitrogen and oxygen atoms in total. The second-order valence-electron chi connectivity index (χ2n) is 19.7. The van der Waals surface area contributed by atoms with Gasteiger partial charge in [-0.1, -0.05) is 253 Å². The fraction of sp³-hybridized carbons (Fsp3) is 0.944. The smallest absolute Gasteiger partial charge is 0.306 e. The molecule has 0 N–H and O–H groups in total. The SMILES string of the molecule is CCC(C)CCCCCCCCCCCCC(=O)OC[C@H](COC(=O)CCCCCCCCCCCCCC(C)C)OC(=O)CCCCCCCCCCCCCC(C)C. The Balaban J connectivity index is 4.33. The predicted molar refractivity (Wildman–Crippen MR) is 256 cm³/mol. The highest BCUT2D eigenvalue weighted by atomic mass is 16.6. The van der Waals surface area contributed by atoms with Crippen LogP contribution < -0.4 is 0 Å². The van der Waals surface area contributed by atoms with E-state index in [1.54, 1.807) is 0 Å². The first-order valence-electron chi connectivity index (χ1n) is 26.6. The monoisotopic (exact) mass is 849 g/mol. The van der Waals surface area contributed by atoms with Crippen LogP contribution in [0.3, 0.4) is 0 Å². The largest absolute Gasteiger partial charge is 0.462 e. The number of hydrogen-bond acceptors (Lipinski definition) is 6. The summed E-state index contributed by atoms with van der Waals surface area (Å²) in [5, 5.41) is 0. The molecule has 0 bridgehead atoms. The Hall–Kier alpha value is -1.59. The van der Waals surface area contributed by atoms with Crippen LogP contribution >= 0.6 is 0 Å². The van der Waals surface area contributed by atoms with Crippen molar-refractivity contribution in [3.63, 3.8) is 0 Å². The molecule has 1 unspecified atom stereocenters. The van der Waals surface area contributed by atoms with E-state index in [2.05, 4.69) is 41.5 Å². The number of unbranched alkanes of at least 4 members (excludes halogenated alkanes) is 29. The van der Waals surface area contributed by atoms with Crippen molar-refractivity contribution in [1.29, 1.82) is 0 Å². The average Bonchev–Trinajstić information content (AvgIpc) is 3.22. The summed E-state index contributed by atoms with van der Waals surface area (Å²) in [6.07, 6.45) is 45.1. The van der Waals surface area contributed by atoms with Crippen LogP contribution in [0.5, 0.6) is 0 Å². The molecule has 0 fully saturated rings. The second-order valence-corrected chi connectivity index (χ2v) is 19.7. The summed E-state index contributed by atoms with van der Waals surface area (Å²) in [5.41, 5.74) is 0. The van der Waals surface area contributed by atoms with E-state index < -0.39 is 6.10 Å². The summed E-state index contributed by atoms with van der Waals surface area (Å²) >= 11 is 0. The topological polar surface area (TPSA) is 78.9 Å². The molecule has 6 heteroatoms. The molecule has 2 atom stereocenters. The maximum absolute atomic E-state index is 12.8. The van der Waals surface area contributed by atoms with Crippen molar-refractivity contribution in [2.75, 3.05) is 13.2 Å². The third-order valence-corrected chi connectivity index (χ3v) is 12.5. The predicted octanol–water partition coefficient (Wildman–Crippen LogP) is 17.2. The van der Waals surface area contributed by atoms with E-state index in [9.17, 15) is 14.4 Å². The van der Waals surface area contributed by atoms with Gasteiger partial charge in [0.1, 0.15) is 13.2 Å². The quantitative estimate of drug-likeness (QED) is 0.0345. The van der Waals surface area contributed by atoms with Crippen LogP contribution in [0.4, 0.5) is 0 Å². The van der Waals surface area contributed by atoms with Crippen LogP contribution in [0, 0.1) is 17.8 Å². The van der Waals surface area contributed by atoms with Gasteiger partial charge in [-0.05, 0) is 37.0 Å². The van der Waals surface area contributed by atoms with Crippen LogP contribution in [-0.2, 0) is 28.6 Å². The van der Waals surface area contributed by atoms with Gasteiger partial charge in [-0.2, -0.15) is 0 Å². The number of esters is 3. The van der Waals surface area contributed by atoms with Crippen molar-refractivity contribution in [3.05, 3.63) is 0 Å². The molecular formula is C54H104O6. The minimum absolute atomic E-state index is 0.0646. The Labute approximate surface area is 374 Å². The van der Waals surface area contributed by atoms with Crippen molar-refractivity contribution >= 4 is 17.9 Å². The molecule has 0 aromatic carbocycles. The summed E-state index contributed by atoms with van der Waals surface area (Å²) in [5.74, 6) is 1.67. The number of hydrogen-bond donors (Lipinski definition) is 0. The van der Waals surface area contributed by atoms with E-state index in [1.807, 2.05) is 0 Å². The lowest BCUT2D eigenvalue weighted by Crippen LogP contribution is -2.30. The average molecular weight is 849 g/mol. The number of rotatable bonds is 47. The Kier molecular flexibility index (Phi) is 44.2. The van der Waals surface area contributed by atoms with Gasteiger partial charge in [-0.25, -0.2) is 0 Å². The molecule has 0 radical (unpaired) electrons. The fourth-order valence-corrected chi connectivity index (χ4v) is 8.08. The van der Waals surface area contributed by atoms with Crippen molar-refractivity contribution in [2.24, 2.45) is 17.8 Å². The highest BCUT2D eigenvalue weighted by molar-refractivity contribution is 5.71. The van der Waals surface area contributed by atoms with E-state index in [4.69, 9.17) is 14.2 Å². The van der Waals surface area contributed by atoms with E-state index >= 15 is 0 Å². The normalized spacial score (nSPS) is 12.6. The van der Waals surface area contributed by atoms with Gasteiger partial charge in [-0.15, -0.1) is 0 Å². The van der Waals surface area contributed by atoms with Crippen LogP contribution in [0.2, 0.25) is 0 Å². The minimum atomic E-state index is -0.763. The number of carbonyl (C=O) groups excluding carboxylic acids is 3. The van der Waals surface area contributed by atoms with Crippen molar-refractivity contribution in [2.45, 2.75) is 298 Å². The van der Waals surface area contributed by atoms with E-state index in [1.165, 1.54) is 173 Å². The molecule has 0 spiro atoms. The third-order valence-electron chi connectivity index (χ3n) is 12.5. The summed E-state index contributed by atoms with van der Waals surface area (Å²) in [6.45, 7) is 13.7. The molecule has 0 aromatic rings. The van der Waals surface area contributed by atoms with Gasteiger partial charge < -0.3 is 14.2 Å². The zero-order valence-electron chi connectivity index (χ0n) is 41.3. The molecule has 0 aliphatic carbocycles. The molecule has 0 aliphatic heterocycles. The van der Waals surface area contributed by atoms with Crippen LogP contribution in [0.25, 0.3) is 0 Å². The first-order chi connectivity index (χ1) is 29.1. The van der Waals surface area contributed by atoms with Gasteiger partial charge in [-0.3, -0.25) is 14.4 Å². The minimum Gasteiger partial charge on any atom is -0.462 e. The molecule has 60 heavy (non-hydrogen) atoms. The van der Waals surface area contributed by atoms with Gasteiger partial charge in [0.05, 0.1) is 0 Å². The van der Waals surface area contributed by atoms with Gasteiger partial charge >= 0.3 is 17.9 Å². The molecular weight excluding hydrogens is 745 g/mol. The van der Waals surface area contributed by atoms with Crippen molar-refractivity contribution in [3.8, 4) is 0 Å². The second kappa shape index (κ2) is 45.4. The lowest BCUT2D eigenvalue weighted by atomic mass is 9.99. The van der Waals surface area contributed by atoms with Gasteiger partial charge in [0, 0.05) is 19.3 Å². The summed E-state index contributed by atoms with van der Waals surface area (Å²) in [6, 6.07) is 0. The Bertz CT molecular complexity index is 931. The highest BCUT2D eigenvalue weighted by Gasteiger charge is 2.19. The summed E-state index contributed by atoms with van der Waals surface area (Å²) in [4.78, 5) is 38.0. The van der Waals surface area contributed by atoms with Crippen LogP contribution in [0.15, 0.2) is 0 Å². The maximum atomic E-state index is 12.8. The molecule has 0 heterocycles. The van der Waals surface area contributed by atoms with Gasteiger partial charge in [0.2, 0.25) is 0 Å². The Morgan fingerprint density at radius 3 is 0.867 bits per heavy atom. The lowest BCUT2D eigenvalue weighted by molar-refractivity contribution is -0.167. The molecule has 0 aromatic heterocycles. The standard InChI is InChI=1S/C54H104O6/c1-7-50(6)42-36-30-24-18-14-15-20-26-32-38-44-53(56)59-47-51(60-54(57)45-39-33-27-21-13-9-11-17-23-29-35-41-49(4)5)46-58-52(55)43-37-31-25-19-12-8-10-16-22-28-34-40-48(2)3/h48-51H,7-47H2,1-6H3/t50?,51-/m0/s1. The molecule has 0 rings (SSSR count). The van der Waals surface area contributed by atoms with Crippen LogP contribution in [-0.4, -0.2) is 37.2 Å². The zero-order valence-corrected chi connectivity index (χ0v) is 41.3. The van der Waals surface area contributed by atoms with Crippen molar-refractivity contribution in [1.82, 2.24) is 0 Å². The summed E-state index contributed by atoms with van der Waals surface area (Å²) in [7, 11) is 0. The van der Waals surface area contributed by atoms with Gasteiger partial charge in [0.15, 0.2) is 6.10 Å². The van der Waals surface area contributed by atoms with E-state index in [0.717, 1.165) is 75.5 Å². The Morgan fingerprint density at radius 2 is 0.583 bits per heavy atom. The zero-order chi connectivity index (χ0) is 44.2. The summed E-state index contributed by atoms with van der Waals surface area (Å²) < 4.78 is 16.8. The Morgan fingerprint density at radius 1 is 0.333 bits per heavy atom. The molecule has 356 valence electrons. The molecule has 0 saturated carbocycles.